The number of hydrogen-bond acceptors (Lipinski definition) is 6. The molecule has 1 unspecified atom stereocenters. The molecule has 0 amide bonds. The molecule has 21 heavy (non-hydrogen) atoms. The van der Waals surface area contributed by atoms with Gasteiger partial charge in [-0.1, -0.05) is 6.92 Å². The Hall–Kier alpha value is -2.08. The predicted molar refractivity (Wildman–Crippen MR) is 74.6 cm³/mol. The van der Waals surface area contributed by atoms with Crippen molar-refractivity contribution in [2.75, 3.05) is 0 Å². The summed E-state index contributed by atoms with van der Waals surface area (Å²) in [6.45, 7) is 7.85. The average molecular weight is 294 g/mol. The fraction of sp³-hybridized carbons (Fsp3) is 0.733. The van der Waals surface area contributed by atoms with Crippen molar-refractivity contribution in [3.63, 3.8) is 0 Å². The lowest BCUT2D eigenvalue weighted by atomic mass is 10.0. The predicted octanol–water partition coefficient (Wildman–Crippen LogP) is 2.48. The van der Waals surface area contributed by atoms with E-state index in [9.17, 15) is 9.59 Å². The monoisotopic (exact) mass is 294 g/mol. The summed E-state index contributed by atoms with van der Waals surface area (Å²) in [5.41, 5.74) is -2.29. The minimum atomic E-state index is -1.15. The maximum Gasteiger partial charge on any atom is 0.307 e. The Balaban J connectivity index is 4.15. The third-order valence-electron chi connectivity index (χ3n) is 2.63. The van der Waals surface area contributed by atoms with Crippen molar-refractivity contribution < 1.29 is 19.1 Å². The number of hydrogen-bond donors (Lipinski definition) is 0. The van der Waals surface area contributed by atoms with E-state index in [1.165, 1.54) is 27.7 Å². The summed E-state index contributed by atoms with van der Waals surface area (Å²) in [6, 6.07) is 3.76. The Morgan fingerprint density at radius 3 is 1.86 bits per heavy atom. The van der Waals surface area contributed by atoms with Gasteiger partial charge >= 0.3 is 11.9 Å². The molecule has 0 saturated carbocycles. The van der Waals surface area contributed by atoms with E-state index >= 15 is 0 Å². The van der Waals surface area contributed by atoms with Crippen LogP contribution in [0.1, 0.15) is 53.9 Å². The summed E-state index contributed by atoms with van der Waals surface area (Å²) in [6.07, 6.45) is 0.698. The molecule has 0 bridgehead atoms. The van der Waals surface area contributed by atoms with Gasteiger partial charge in [0.25, 0.3) is 0 Å². The van der Waals surface area contributed by atoms with Gasteiger partial charge in [-0.15, -0.1) is 0 Å². The van der Waals surface area contributed by atoms with Crippen molar-refractivity contribution in [2.45, 2.75) is 65.1 Å². The second-order valence-electron chi connectivity index (χ2n) is 6.04. The van der Waals surface area contributed by atoms with Gasteiger partial charge in [0.15, 0.2) is 11.2 Å². The zero-order chi connectivity index (χ0) is 16.7. The van der Waals surface area contributed by atoms with Crippen LogP contribution in [-0.4, -0.2) is 23.1 Å². The smallest absolute Gasteiger partial charge is 0.307 e. The number of ether oxygens (including phenoxy) is 2. The minimum absolute atomic E-state index is 0.0789. The maximum atomic E-state index is 11.6. The van der Waals surface area contributed by atoms with E-state index in [0.29, 0.717) is 6.42 Å². The van der Waals surface area contributed by atoms with Crippen molar-refractivity contribution in [1.82, 2.24) is 0 Å². The van der Waals surface area contributed by atoms with E-state index in [-0.39, 0.29) is 18.8 Å². The number of nitrogens with zero attached hydrogens (tertiary/aromatic N) is 2. The van der Waals surface area contributed by atoms with Crippen LogP contribution in [0.25, 0.3) is 0 Å². The highest BCUT2D eigenvalue weighted by Crippen LogP contribution is 2.17. The molecule has 0 aliphatic carbocycles. The minimum Gasteiger partial charge on any atom is -0.444 e. The van der Waals surface area contributed by atoms with E-state index in [2.05, 4.69) is 0 Å². The number of rotatable bonds is 7. The molecule has 0 spiro atoms. The maximum absolute atomic E-state index is 11.6. The molecule has 0 fully saturated rings. The van der Waals surface area contributed by atoms with Crippen LogP contribution >= 0.6 is 0 Å². The Morgan fingerprint density at radius 1 is 1.00 bits per heavy atom. The first-order valence-electron chi connectivity index (χ1n) is 6.77. The number of esters is 2. The van der Waals surface area contributed by atoms with Crippen LogP contribution in [0.2, 0.25) is 0 Å². The van der Waals surface area contributed by atoms with Crippen molar-refractivity contribution >= 4 is 11.9 Å². The van der Waals surface area contributed by atoms with Crippen LogP contribution in [0, 0.1) is 28.6 Å². The molecule has 6 heteroatoms. The van der Waals surface area contributed by atoms with Crippen LogP contribution in [-0.2, 0) is 19.1 Å². The third-order valence-corrected chi connectivity index (χ3v) is 2.63. The van der Waals surface area contributed by atoms with Crippen LogP contribution < -0.4 is 0 Å². The van der Waals surface area contributed by atoms with Gasteiger partial charge < -0.3 is 9.47 Å². The summed E-state index contributed by atoms with van der Waals surface area (Å²) in [5.74, 6) is -1.02. The molecular weight excluding hydrogens is 272 g/mol. The topological polar surface area (TPSA) is 100 Å². The first kappa shape index (κ1) is 18.9. The fourth-order valence-electron chi connectivity index (χ4n) is 1.46. The third kappa shape index (κ3) is 8.65. The summed E-state index contributed by atoms with van der Waals surface area (Å²) < 4.78 is 9.98. The number of carbonyl (C=O) groups is 2. The van der Waals surface area contributed by atoms with E-state index in [1.807, 2.05) is 19.1 Å². The first-order valence-corrected chi connectivity index (χ1v) is 6.77. The van der Waals surface area contributed by atoms with Gasteiger partial charge in [0.05, 0.1) is 0 Å². The van der Waals surface area contributed by atoms with Gasteiger partial charge in [0, 0.05) is 12.8 Å². The quantitative estimate of drug-likeness (QED) is 0.669. The SMILES string of the molecule is CC(CCC(=O)OC(C)(C)C#N)CC(=O)OC(C)(C)C#N. The lowest BCUT2D eigenvalue weighted by Crippen LogP contribution is -2.27. The molecular formula is C15H22N2O4. The molecule has 0 aromatic heterocycles. The van der Waals surface area contributed by atoms with Crippen molar-refractivity contribution in [3.05, 3.63) is 0 Å². The van der Waals surface area contributed by atoms with Gasteiger partial charge in [-0.25, -0.2) is 0 Å². The zero-order valence-electron chi connectivity index (χ0n) is 13.2. The summed E-state index contributed by atoms with van der Waals surface area (Å²) in [4.78, 5) is 23.2. The standard InChI is InChI=1S/C15H22N2O4/c1-11(8-13(19)21-15(4,5)10-17)6-7-12(18)20-14(2,3)9-16/h11H,6-8H2,1-5H3. The van der Waals surface area contributed by atoms with Crippen molar-refractivity contribution in [1.29, 1.82) is 10.5 Å². The molecule has 1 atom stereocenters. The normalized spacial score (nSPS) is 12.7. The van der Waals surface area contributed by atoms with Crippen LogP contribution in [0.5, 0.6) is 0 Å². The molecule has 6 nitrogen and oxygen atoms in total. The molecule has 0 aromatic rings. The Kier molecular flexibility index (Phi) is 6.88. The highest BCUT2D eigenvalue weighted by atomic mass is 16.6. The van der Waals surface area contributed by atoms with E-state index in [1.54, 1.807) is 0 Å². The van der Waals surface area contributed by atoms with Crippen molar-refractivity contribution in [3.8, 4) is 12.1 Å². The first-order chi connectivity index (χ1) is 9.51. The van der Waals surface area contributed by atoms with Gasteiger partial charge in [-0.2, -0.15) is 10.5 Å². The van der Waals surface area contributed by atoms with Crippen molar-refractivity contribution in [2.24, 2.45) is 5.92 Å². The molecule has 0 rings (SSSR count). The molecule has 0 radical (unpaired) electrons. The molecule has 0 aliphatic rings. The Bertz CT molecular complexity index is 469. The van der Waals surface area contributed by atoms with E-state index in [0.717, 1.165) is 0 Å². The molecule has 0 aromatic carbocycles. The molecule has 0 N–H and O–H groups in total. The van der Waals surface area contributed by atoms with Gasteiger partial charge in [-0.3, -0.25) is 9.59 Å². The highest BCUT2D eigenvalue weighted by Gasteiger charge is 2.24. The lowest BCUT2D eigenvalue weighted by Gasteiger charge is -2.19. The van der Waals surface area contributed by atoms with Gasteiger partial charge in [0.1, 0.15) is 12.1 Å². The highest BCUT2D eigenvalue weighted by molar-refractivity contribution is 5.71. The second-order valence-corrected chi connectivity index (χ2v) is 6.04. The van der Waals surface area contributed by atoms with Crippen LogP contribution in [0.3, 0.4) is 0 Å². The van der Waals surface area contributed by atoms with Gasteiger partial charge in [0.2, 0.25) is 0 Å². The van der Waals surface area contributed by atoms with E-state index in [4.69, 9.17) is 20.0 Å². The summed E-state index contributed by atoms with van der Waals surface area (Å²) in [7, 11) is 0. The number of nitriles is 2. The fourth-order valence-corrected chi connectivity index (χ4v) is 1.46. The van der Waals surface area contributed by atoms with Crippen LogP contribution in [0.15, 0.2) is 0 Å². The molecule has 0 saturated heterocycles. The second kappa shape index (κ2) is 7.64. The van der Waals surface area contributed by atoms with Crippen LogP contribution in [0.4, 0.5) is 0 Å². The van der Waals surface area contributed by atoms with Gasteiger partial charge in [-0.05, 0) is 40.0 Å². The molecule has 116 valence electrons. The molecule has 0 aliphatic heterocycles. The molecule has 0 heterocycles. The largest absolute Gasteiger partial charge is 0.444 e. The van der Waals surface area contributed by atoms with E-state index < -0.39 is 23.1 Å². The lowest BCUT2D eigenvalue weighted by molar-refractivity contribution is -0.155. The average Bonchev–Trinajstić information content (AvgIpc) is 2.35. The summed E-state index contributed by atoms with van der Waals surface area (Å²) >= 11 is 0. The zero-order valence-corrected chi connectivity index (χ0v) is 13.2. The number of carbonyl (C=O) groups excluding carboxylic acids is 2. The Morgan fingerprint density at radius 2 is 1.43 bits per heavy atom. The summed E-state index contributed by atoms with van der Waals surface area (Å²) in [5, 5.41) is 17.5. The Labute approximate surface area is 125 Å².